The average molecular weight is 443 g/mol. The van der Waals surface area contributed by atoms with Crippen molar-refractivity contribution in [2.45, 2.75) is 86.2 Å². The van der Waals surface area contributed by atoms with Crippen LogP contribution < -0.4 is 4.74 Å². The van der Waals surface area contributed by atoms with E-state index in [0.717, 1.165) is 47.3 Å². The first-order valence-electron chi connectivity index (χ1n) is 11.6. The van der Waals surface area contributed by atoms with Gasteiger partial charge in [-0.1, -0.05) is 41.9 Å². The third kappa shape index (κ3) is 10.3. The van der Waals surface area contributed by atoms with Crippen LogP contribution in [0.1, 0.15) is 77.8 Å². The number of benzene rings is 1. The van der Waals surface area contributed by atoms with Gasteiger partial charge in [-0.3, -0.25) is 4.79 Å². The van der Waals surface area contributed by atoms with Crippen molar-refractivity contribution >= 4 is 5.78 Å². The predicted octanol–water partition coefficient (Wildman–Crippen LogP) is 6.63. The first-order valence-corrected chi connectivity index (χ1v) is 11.6. The van der Waals surface area contributed by atoms with Gasteiger partial charge in [0.2, 0.25) is 0 Å². The molecule has 32 heavy (non-hydrogen) atoms. The number of carbonyl (C=O) groups excluding carboxylic acids is 1. The van der Waals surface area contributed by atoms with Crippen LogP contribution in [0.15, 0.2) is 47.1 Å². The lowest BCUT2D eigenvalue weighted by molar-refractivity contribution is -0.121. The van der Waals surface area contributed by atoms with Crippen LogP contribution in [-0.2, 0) is 11.2 Å². The molecule has 0 heterocycles. The minimum atomic E-state index is -0.538. The number of allylic oxidation sites excluding steroid dienone is 4. The van der Waals surface area contributed by atoms with E-state index in [1.54, 1.807) is 7.11 Å². The van der Waals surface area contributed by atoms with E-state index >= 15 is 0 Å². The molecule has 0 aliphatic heterocycles. The molecule has 0 aromatic heterocycles. The van der Waals surface area contributed by atoms with E-state index in [9.17, 15) is 15.0 Å². The topological polar surface area (TPSA) is 66.8 Å². The molecule has 0 saturated carbocycles. The summed E-state index contributed by atoms with van der Waals surface area (Å²) < 4.78 is 5.29. The summed E-state index contributed by atoms with van der Waals surface area (Å²) in [5.41, 5.74) is 5.00. The predicted molar refractivity (Wildman–Crippen MR) is 133 cm³/mol. The number of carbonyl (C=O) groups is 1. The zero-order valence-electron chi connectivity index (χ0n) is 21.0. The van der Waals surface area contributed by atoms with Crippen LogP contribution in [-0.4, -0.2) is 29.2 Å². The summed E-state index contributed by atoms with van der Waals surface area (Å²) in [6.07, 6.45) is 9.78. The molecule has 0 aliphatic carbocycles. The molecule has 0 aliphatic rings. The molecule has 1 aromatic carbocycles. The van der Waals surface area contributed by atoms with Gasteiger partial charge in [0.15, 0.2) is 0 Å². The van der Waals surface area contributed by atoms with Crippen molar-refractivity contribution in [2.24, 2.45) is 5.92 Å². The van der Waals surface area contributed by atoms with Gasteiger partial charge in [0, 0.05) is 17.9 Å². The fourth-order valence-corrected chi connectivity index (χ4v) is 3.61. The summed E-state index contributed by atoms with van der Waals surface area (Å²) in [7, 11) is 1.62. The highest BCUT2D eigenvalue weighted by molar-refractivity contribution is 5.82. The van der Waals surface area contributed by atoms with Crippen molar-refractivity contribution in [1.29, 1.82) is 0 Å². The van der Waals surface area contributed by atoms with Gasteiger partial charge < -0.3 is 14.9 Å². The Bertz CT molecular complexity index is 841. The molecule has 0 fully saturated rings. The van der Waals surface area contributed by atoms with Crippen molar-refractivity contribution in [3.63, 3.8) is 0 Å². The van der Waals surface area contributed by atoms with Crippen LogP contribution in [0.4, 0.5) is 0 Å². The van der Waals surface area contributed by atoms with E-state index in [0.29, 0.717) is 30.8 Å². The van der Waals surface area contributed by atoms with Crippen LogP contribution in [0, 0.1) is 12.8 Å². The smallest absolute Gasteiger partial charge is 0.139 e. The number of hydrogen-bond donors (Lipinski definition) is 2. The largest absolute Gasteiger partial charge is 0.507 e. The molecule has 2 N–H and O–H groups in total. The molecule has 0 bridgehead atoms. The van der Waals surface area contributed by atoms with Gasteiger partial charge in [-0.15, -0.1) is 0 Å². The highest BCUT2D eigenvalue weighted by atomic mass is 16.5. The Balaban J connectivity index is 2.52. The number of rotatable bonds is 13. The Labute approximate surface area is 194 Å². The maximum Gasteiger partial charge on any atom is 0.139 e. The van der Waals surface area contributed by atoms with Crippen LogP contribution in [0.5, 0.6) is 11.5 Å². The second kappa shape index (κ2) is 13.9. The van der Waals surface area contributed by atoms with E-state index in [1.165, 1.54) is 5.57 Å². The van der Waals surface area contributed by atoms with E-state index in [1.807, 2.05) is 71.9 Å². The Hall–Kier alpha value is -2.33. The number of aromatic hydroxyl groups is 1. The first-order chi connectivity index (χ1) is 15.0. The molecular formula is C28H42O4. The monoisotopic (exact) mass is 442 g/mol. The molecule has 4 heteroatoms. The molecule has 0 amide bonds. The Kier molecular flexibility index (Phi) is 12.1. The van der Waals surface area contributed by atoms with Gasteiger partial charge in [0.1, 0.15) is 17.3 Å². The molecule has 0 saturated heterocycles. The Morgan fingerprint density at radius 3 is 2.44 bits per heavy atom. The molecule has 1 aromatic rings. The Morgan fingerprint density at radius 1 is 1.12 bits per heavy atom. The molecule has 2 unspecified atom stereocenters. The molecule has 1 rings (SSSR count). The first kappa shape index (κ1) is 27.7. The summed E-state index contributed by atoms with van der Waals surface area (Å²) in [4.78, 5) is 12.1. The lowest BCUT2D eigenvalue weighted by Gasteiger charge is -2.12. The van der Waals surface area contributed by atoms with E-state index in [2.05, 4.69) is 0 Å². The van der Waals surface area contributed by atoms with Crippen molar-refractivity contribution < 1.29 is 19.7 Å². The maximum atomic E-state index is 12.1. The minimum Gasteiger partial charge on any atom is -0.507 e. The molecule has 178 valence electrons. The number of ketones is 1. The molecular weight excluding hydrogens is 400 g/mol. The van der Waals surface area contributed by atoms with Crippen LogP contribution >= 0.6 is 0 Å². The van der Waals surface area contributed by atoms with Gasteiger partial charge in [0.05, 0.1) is 13.2 Å². The van der Waals surface area contributed by atoms with E-state index in [-0.39, 0.29) is 5.92 Å². The SMILES string of the molecule is COc1cc(C)c(O)c(C/C=C(\C)CC(O)/C=C(\C)CCCC(C)C(=O)CC=C(C)C)c1. The van der Waals surface area contributed by atoms with Crippen molar-refractivity contribution in [1.82, 2.24) is 0 Å². The zero-order valence-corrected chi connectivity index (χ0v) is 21.0. The average Bonchev–Trinajstić information content (AvgIpc) is 2.72. The van der Waals surface area contributed by atoms with Gasteiger partial charge >= 0.3 is 0 Å². The minimum absolute atomic E-state index is 0.0742. The quantitative estimate of drug-likeness (QED) is 0.337. The maximum absolute atomic E-state index is 12.1. The zero-order chi connectivity index (χ0) is 24.3. The van der Waals surface area contributed by atoms with Crippen molar-refractivity contribution in [3.05, 3.63) is 58.2 Å². The molecule has 0 radical (unpaired) electrons. The standard InChI is InChI=1S/C28H42O4/c1-19(2)11-14-27(30)22(5)10-8-9-20(3)15-25(29)16-21(4)12-13-24-18-26(32-7)17-23(6)28(24)31/h11-12,15,17-18,22,25,29,31H,8-10,13-14,16H2,1-7H3/b20-15+,21-12+. The normalized spacial score (nSPS) is 14.1. The van der Waals surface area contributed by atoms with E-state index in [4.69, 9.17) is 4.74 Å². The van der Waals surface area contributed by atoms with Gasteiger partial charge in [-0.25, -0.2) is 0 Å². The summed E-state index contributed by atoms with van der Waals surface area (Å²) in [6.45, 7) is 11.9. The number of aliphatic hydroxyl groups is 1. The third-order valence-electron chi connectivity index (χ3n) is 5.74. The third-order valence-corrected chi connectivity index (χ3v) is 5.74. The summed E-state index contributed by atoms with van der Waals surface area (Å²) in [5, 5.41) is 20.7. The van der Waals surface area contributed by atoms with Crippen molar-refractivity contribution in [3.8, 4) is 11.5 Å². The second-order valence-corrected chi connectivity index (χ2v) is 9.24. The summed E-state index contributed by atoms with van der Waals surface area (Å²) in [5.74, 6) is 1.39. The van der Waals surface area contributed by atoms with Crippen LogP contribution in [0.2, 0.25) is 0 Å². The second-order valence-electron chi connectivity index (χ2n) is 9.24. The number of aryl methyl sites for hydroxylation is 1. The summed E-state index contributed by atoms with van der Waals surface area (Å²) >= 11 is 0. The highest BCUT2D eigenvalue weighted by Crippen LogP contribution is 2.28. The number of phenols is 1. The number of ether oxygens (including phenoxy) is 1. The molecule has 4 nitrogen and oxygen atoms in total. The number of phenolic OH excluding ortho intramolecular Hbond substituents is 1. The Morgan fingerprint density at radius 2 is 1.81 bits per heavy atom. The van der Waals surface area contributed by atoms with Crippen LogP contribution in [0.25, 0.3) is 0 Å². The lowest BCUT2D eigenvalue weighted by atomic mass is 9.95. The van der Waals surface area contributed by atoms with Crippen LogP contribution in [0.3, 0.4) is 0 Å². The van der Waals surface area contributed by atoms with Gasteiger partial charge in [0.25, 0.3) is 0 Å². The number of methoxy groups -OCH3 is 1. The van der Waals surface area contributed by atoms with E-state index < -0.39 is 6.10 Å². The van der Waals surface area contributed by atoms with Crippen molar-refractivity contribution in [2.75, 3.05) is 7.11 Å². The molecule has 2 atom stereocenters. The number of hydrogen-bond acceptors (Lipinski definition) is 4. The van der Waals surface area contributed by atoms with Gasteiger partial charge in [-0.05, 0) is 84.4 Å². The molecule has 0 spiro atoms. The number of Topliss-reactive ketones (excluding diaryl/α,β-unsaturated/α-hetero) is 1. The number of aliphatic hydroxyl groups excluding tert-OH is 1. The lowest BCUT2D eigenvalue weighted by Crippen LogP contribution is -2.10. The van der Waals surface area contributed by atoms with Gasteiger partial charge in [-0.2, -0.15) is 0 Å². The highest BCUT2D eigenvalue weighted by Gasteiger charge is 2.12. The fourth-order valence-electron chi connectivity index (χ4n) is 3.61. The summed E-state index contributed by atoms with van der Waals surface area (Å²) in [6, 6.07) is 3.66. The fraction of sp³-hybridized carbons (Fsp3) is 0.536.